The highest BCUT2D eigenvalue weighted by molar-refractivity contribution is 6.06. The van der Waals surface area contributed by atoms with Crippen molar-refractivity contribution >= 4 is 39.8 Å². The number of benzene rings is 2. The van der Waals surface area contributed by atoms with Crippen LogP contribution in [0.2, 0.25) is 0 Å². The quantitative estimate of drug-likeness (QED) is 0.612. The Hall–Kier alpha value is -3.61. The topological polar surface area (TPSA) is 91.6 Å². The standard InChI is InChI=1S/C23H23N3O4/c1-2-12-24-20-17-10-6-7-11-18(17)30-23(29)21(20)25-22(28)15-13-19(27)26(14-15)16-8-4-3-5-9-16/h3-11,15,24H,2,12-14H2,1H3,(H,25,28)/t15-/m1/s1. The second-order valence-corrected chi connectivity index (χ2v) is 7.29. The second kappa shape index (κ2) is 8.41. The van der Waals surface area contributed by atoms with E-state index in [1.54, 1.807) is 17.0 Å². The molecule has 2 heterocycles. The first-order chi connectivity index (χ1) is 14.6. The van der Waals surface area contributed by atoms with Crippen LogP contribution in [0.4, 0.5) is 17.1 Å². The Bertz CT molecular complexity index is 1140. The van der Waals surface area contributed by atoms with Crippen LogP contribution in [0.3, 0.4) is 0 Å². The van der Waals surface area contributed by atoms with E-state index in [4.69, 9.17) is 4.42 Å². The zero-order valence-corrected chi connectivity index (χ0v) is 16.7. The molecule has 1 atom stereocenters. The SMILES string of the molecule is CCCNc1c(NC(=O)[C@@H]2CC(=O)N(c3ccccc3)C2)c(=O)oc2ccccc12. The average Bonchev–Trinajstić information content (AvgIpc) is 3.16. The van der Waals surface area contributed by atoms with E-state index < -0.39 is 11.5 Å². The number of carbonyl (C=O) groups is 2. The molecular formula is C23H23N3O4. The lowest BCUT2D eigenvalue weighted by Gasteiger charge is -2.17. The molecule has 1 aliphatic heterocycles. The molecule has 154 valence electrons. The molecule has 0 aliphatic carbocycles. The van der Waals surface area contributed by atoms with Gasteiger partial charge in [0.2, 0.25) is 11.8 Å². The maximum Gasteiger partial charge on any atom is 0.362 e. The van der Waals surface area contributed by atoms with Gasteiger partial charge < -0.3 is 20.0 Å². The number of rotatable bonds is 6. The number of nitrogens with one attached hydrogen (secondary N) is 2. The van der Waals surface area contributed by atoms with Crippen molar-refractivity contribution in [3.05, 3.63) is 65.0 Å². The molecule has 0 saturated carbocycles. The molecule has 0 radical (unpaired) electrons. The smallest absolute Gasteiger partial charge is 0.362 e. The third kappa shape index (κ3) is 3.78. The van der Waals surface area contributed by atoms with Gasteiger partial charge in [-0.3, -0.25) is 9.59 Å². The number of hydrogen-bond donors (Lipinski definition) is 2. The van der Waals surface area contributed by atoms with Crippen molar-refractivity contribution in [1.82, 2.24) is 0 Å². The predicted octanol–water partition coefficient (Wildman–Crippen LogP) is 3.61. The lowest BCUT2D eigenvalue weighted by atomic mass is 10.1. The highest BCUT2D eigenvalue weighted by Gasteiger charge is 2.35. The van der Waals surface area contributed by atoms with Crippen LogP contribution in [0.5, 0.6) is 0 Å². The van der Waals surface area contributed by atoms with Crippen molar-refractivity contribution in [2.24, 2.45) is 5.92 Å². The van der Waals surface area contributed by atoms with Crippen LogP contribution in [0.1, 0.15) is 19.8 Å². The average molecular weight is 405 g/mol. The summed E-state index contributed by atoms with van der Waals surface area (Å²) in [5, 5.41) is 6.68. The first-order valence-corrected chi connectivity index (χ1v) is 10.0. The van der Waals surface area contributed by atoms with Gasteiger partial charge in [-0.05, 0) is 30.7 Å². The summed E-state index contributed by atoms with van der Waals surface area (Å²) in [5.74, 6) is -1.04. The molecule has 2 N–H and O–H groups in total. The van der Waals surface area contributed by atoms with Crippen molar-refractivity contribution in [3.63, 3.8) is 0 Å². The first kappa shape index (κ1) is 19.7. The Kier molecular flexibility index (Phi) is 5.52. The zero-order valence-electron chi connectivity index (χ0n) is 16.7. The molecule has 30 heavy (non-hydrogen) atoms. The van der Waals surface area contributed by atoms with Gasteiger partial charge >= 0.3 is 5.63 Å². The van der Waals surface area contributed by atoms with Crippen LogP contribution in [-0.4, -0.2) is 24.9 Å². The molecule has 4 rings (SSSR count). The van der Waals surface area contributed by atoms with Gasteiger partial charge in [-0.1, -0.05) is 37.3 Å². The van der Waals surface area contributed by atoms with Crippen molar-refractivity contribution in [1.29, 1.82) is 0 Å². The predicted molar refractivity (Wildman–Crippen MR) is 117 cm³/mol. The maximum atomic E-state index is 13.0. The first-order valence-electron chi connectivity index (χ1n) is 10.0. The number of fused-ring (bicyclic) bond motifs is 1. The highest BCUT2D eigenvalue weighted by Crippen LogP contribution is 2.30. The summed E-state index contributed by atoms with van der Waals surface area (Å²) in [6.45, 7) is 2.92. The van der Waals surface area contributed by atoms with Gasteiger partial charge in [-0.25, -0.2) is 4.79 Å². The molecule has 0 spiro atoms. The van der Waals surface area contributed by atoms with Crippen LogP contribution in [-0.2, 0) is 9.59 Å². The van der Waals surface area contributed by atoms with Crippen LogP contribution in [0.25, 0.3) is 11.0 Å². The van der Waals surface area contributed by atoms with Crippen LogP contribution in [0, 0.1) is 5.92 Å². The third-order valence-electron chi connectivity index (χ3n) is 5.18. The van der Waals surface area contributed by atoms with E-state index in [-0.39, 0.29) is 30.5 Å². The van der Waals surface area contributed by atoms with Gasteiger partial charge in [0.1, 0.15) is 5.58 Å². The fraction of sp³-hybridized carbons (Fsp3) is 0.261. The normalized spacial score (nSPS) is 16.1. The van der Waals surface area contributed by atoms with E-state index in [2.05, 4.69) is 10.6 Å². The summed E-state index contributed by atoms with van der Waals surface area (Å²) >= 11 is 0. The van der Waals surface area contributed by atoms with Gasteiger partial charge in [0.05, 0.1) is 11.6 Å². The van der Waals surface area contributed by atoms with E-state index in [0.717, 1.165) is 12.1 Å². The van der Waals surface area contributed by atoms with E-state index in [1.807, 2.05) is 49.4 Å². The van der Waals surface area contributed by atoms with Gasteiger partial charge in [-0.15, -0.1) is 0 Å². The van der Waals surface area contributed by atoms with Crippen LogP contribution < -0.4 is 21.2 Å². The Morgan fingerprint density at radius 3 is 2.57 bits per heavy atom. The van der Waals surface area contributed by atoms with Crippen molar-refractivity contribution in [2.45, 2.75) is 19.8 Å². The van der Waals surface area contributed by atoms with Crippen LogP contribution >= 0.6 is 0 Å². The lowest BCUT2D eigenvalue weighted by molar-refractivity contribution is -0.122. The summed E-state index contributed by atoms with van der Waals surface area (Å²) in [4.78, 5) is 39.6. The van der Waals surface area contributed by atoms with E-state index in [1.165, 1.54) is 0 Å². The monoisotopic (exact) mass is 405 g/mol. The fourth-order valence-electron chi connectivity index (χ4n) is 3.66. The molecular weight excluding hydrogens is 382 g/mol. The molecule has 1 saturated heterocycles. The highest BCUT2D eigenvalue weighted by atomic mass is 16.4. The molecule has 7 nitrogen and oxygen atoms in total. The number of amides is 2. The molecule has 3 aromatic rings. The summed E-state index contributed by atoms with van der Waals surface area (Å²) < 4.78 is 5.40. The Morgan fingerprint density at radius 1 is 1.07 bits per heavy atom. The molecule has 0 unspecified atom stereocenters. The minimum atomic E-state index is -0.620. The molecule has 1 aliphatic rings. The molecule has 2 amide bonds. The molecule has 7 heteroatoms. The van der Waals surface area contributed by atoms with Gasteiger partial charge in [0, 0.05) is 30.6 Å². The third-order valence-corrected chi connectivity index (χ3v) is 5.18. The molecule has 0 bridgehead atoms. The molecule has 2 aromatic carbocycles. The minimum absolute atomic E-state index is 0.0813. The van der Waals surface area contributed by atoms with Gasteiger partial charge in [0.15, 0.2) is 5.69 Å². The Balaban J connectivity index is 1.61. The fourth-order valence-corrected chi connectivity index (χ4v) is 3.66. The summed E-state index contributed by atoms with van der Waals surface area (Å²) in [6, 6.07) is 16.4. The summed E-state index contributed by atoms with van der Waals surface area (Å²) in [6.07, 6.45) is 0.947. The molecule has 1 fully saturated rings. The molecule has 1 aromatic heterocycles. The van der Waals surface area contributed by atoms with E-state index in [9.17, 15) is 14.4 Å². The number of anilines is 3. The summed E-state index contributed by atoms with van der Waals surface area (Å²) in [7, 11) is 0. The van der Waals surface area contributed by atoms with E-state index in [0.29, 0.717) is 23.2 Å². The second-order valence-electron chi connectivity index (χ2n) is 7.29. The number of hydrogen-bond acceptors (Lipinski definition) is 5. The van der Waals surface area contributed by atoms with Crippen LogP contribution in [0.15, 0.2) is 63.8 Å². The van der Waals surface area contributed by atoms with Crippen molar-refractivity contribution in [3.8, 4) is 0 Å². The number of nitrogens with zero attached hydrogens (tertiary/aromatic N) is 1. The largest absolute Gasteiger partial charge is 0.421 e. The number of carbonyl (C=O) groups excluding carboxylic acids is 2. The van der Waals surface area contributed by atoms with E-state index >= 15 is 0 Å². The van der Waals surface area contributed by atoms with Gasteiger partial charge in [0.25, 0.3) is 0 Å². The maximum absolute atomic E-state index is 13.0. The Labute approximate surface area is 173 Å². The number of para-hydroxylation sites is 2. The van der Waals surface area contributed by atoms with Crippen molar-refractivity contribution in [2.75, 3.05) is 28.6 Å². The lowest BCUT2D eigenvalue weighted by Crippen LogP contribution is -2.29. The van der Waals surface area contributed by atoms with Gasteiger partial charge in [-0.2, -0.15) is 0 Å². The minimum Gasteiger partial charge on any atom is -0.421 e. The zero-order chi connectivity index (χ0) is 21.1. The Morgan fingerprint density at radius 2 is 1.80 bits per heavy atom. The summed E-state index contributed by atoms with van der Waals surface area (Å²) in [5.41, 5.74) is 1.21. The van der Waals surface area contributed by atoms with Crippen molar-refractivity contribution < 1.29 is 14.0 Å².